The van der Waals surface area contributed by atoms with Crippen molar-refractivity contribution in [3.63, 3.8) is 0 Å². The number of hydrogen-bond acceptors (Lipinski definition) is 5. The van der Waals surface area contributed by atoms with Crippen molar-refractivity contribution in [1.29, 1.82) is 0 Å². The lowest BCUT2D eigenvalue weighted by atomic mass is 9.70. The molecule has 1 aromatic heterocycles. The maximum atomic E-state index is 6.57. The molecule has 1 aromatic carbocycles. The summed E-state index contributed by atoms with van der Waals surface area (Å²) in [5.41, 5.74) is 1.98. The highest BCUT2D eigenvalue weighted by Crippen LogP contribution is 2.42. The Kier molecular flexibility index (Phi) is 5.89. The zero-order valence-electron chi connectivity index (χ0n) is 14.8. The van der Waals surface area contributed by atoms with Crippen LogP contribution in [0.4, 0.5) is 5.95 Å². The fourth-order valence-corrected chi connectivity index (χ4v) is 3.89. The smallest absolute Gasteiger partial charge is 0.223 e. The van der Waals surface area contributed by atoms with Gasteiger partial charge in [0.2, 0.25) is 5.95 Å². The second-order valence-corrected chi connectivity index (χ2v) is 6.99. The van der Waals surface area contributed by atoms with Crippen LogP contribution in [0.3, 0.4) is 0 Å². The van der Waals surface area contributed by atoms with Crippen LogP contribution in [0.25, 0.3) is 0 Å². The Hall–Kier alpha value is -1.69. The van der Waals surface area contributed by atoms with Gasteiger partial charge in [-0.3, -0.25) is 0 Å². The lowest BCUT2D eigenvalue weighted by Gasteiger charge is -2.38. The van der Waals surface area contributed by atoms with Gasteiger partial charge in [0.15, 0.2) is 0 Å². The molecule has 0 amide bonds. The second-order valence-electron chi connectivity index (χ2n) is 6.58. The molecule has 0 radical (unpaired) electrons. The van der Waals surface area contributed by atoms with Crippen LogP contribution in [0.1, 0.15) is 31.0 Å². The molecule has 1 saturated heterocycles. The van der Waals surface area contributed by atoms with Gasteiger partial charge in [-0.25, -0.2) is 9.97 Å². The summed E-state index contributed by atoms with van der Waals surface area (Å²) in [5, 5.41) is 7.55. The van der Waals surface area contributed by atoms with Crippen molar-refractivity contribution in [3.8, 4) is 0 Å². The summed E-state index contributed by atoms with van der Waals surface area (Å²) in [6, 6.07) is 10.3. The van der Waals surface area contributed by atoms with Crippen molar-refractivity contribution in [3.05, 3.63) is 52.8 Å². The van der Waals surface area contributed by atoms with E-state index in [1.165, 1.54) is 0 Å². The summed E-state index contributed by atoms with van der Waals surface area (Å²) in [4.78, 5) is 9.22. The summed E-state index contributed by atoms with van der Waals surface area (Å²) in [6.45, 7) is 4.54. The van der Waals surface area contributed by atoms with E-state index in [1.807, 2.05) is 37.4 Å². The van der Waals surface area contributed by atoms with Crippen molar-refractivity contribution in [2.24, 2.45) is 0 Å². The molecule has 0 unspecified atom stereocenters. The van der Waals surface area contributed by atoms with Crippen LogP contribution >= 0.6 is 11.6 Å². The number of hydrogen-bond donors (Lipinski definition) is 2. The predicted octanol–water partition coefficient (Wildman–Crippen LogP) is 3.25. The number of ether oxygens (including phenoxy) is 1. The van der Waals surface area contributed by atoms with Crippen LogP contribution < -0.4 is 10.6 Å². The average molecular weight is 361 g/mol. The molecule has 3 rings (SSSR count). The zero-order chi connectivity index (χ0) is 17.7. The number of benzene rings is 1. The minimum absolute atomic E-state index is 0.143. The molecule has 6 heteroatoms. The van der Waals surface area contributed by atoms with Gasteiger partial charge in [-0.2, -0.15) is 0 Å². The lowest BCUT2D eigenvalue weighted by Crippen LogP contribution is -2.41. The number of nitrogens with zero attached hydrogens (tertiary/aromatic N) is 2. The third-order valence-corrected chi connectivity index (χ3v) is 5.11. The van der Waals surface area contributed by atoms with Crippen molar-refractivity contribution in [1.82, 2.24) is 15.3 Å². The van der Waals surface area contributed by atoms with Gasteiger partial charge in [-0.15, -0.1) is 0 Å². The van der Waals surface area contributed by atoms with Gasteiger partial charge in [0, 0.05) is 29.8 Å². The highest BCUT2D eigenvalue weighted by molar-refractivity contribution is 6.31. The molecule has 134 valence electrons. The Morgan fingerprint density at radius 1 is 1.28 bits per heavy atom. The number of anilines is 1. The van der Waals surface area contributed by atoms with Crippen LogP contribution in [0.15, 0.2) is 36.5 Å². The molecule has 0 spiro atoms. The lowest BCUT2D eigenvalue weighted by molar-refractivity contribution is 0.190. The van der Waals surface area contributed by atoms with Crippen LogP contribution in [0.5, 0.6) is 0 Å². The van der Waals surface area contributed by atoms with Crippen molar-refractivity contribution in [2.45, 2.75) is 31.2 Å². The standard InChI is InChI=1S/C19H25ClN4O/c1-14(13-25-2)23-18-22-10-7-17(24-18)19(8-11-21-12-9-19)15-5-3-4-6-16(15)20/h3-7,10,14,21H,8-9,11-13H2,1-2H3,(H,22,23,24)/t14-/m1/s1. The first kappa shape index (κ1) is 18.1. The number of halogens is 1. The molecule has 0 aliphatic carbocycles. The molecule has 1 atom stereocenters. The van der Waals surface area contributed by atoms with Crippen LogP contribution in [-0.4, -0.2) is 42.8 Å². The van der Waals surface area contributed by atoms with Gasteiger partial charge in [-0.05, 0) is 50.6 Å². The Balaban J connectivity index is 1.99. The zero-order valence-corrected chi connectivity index (χ0v) is 15.5. The number of aromatic nitrogens is 2. The Bertz CT molecular complexity index is 703. The third-order valence-electron chi connectivity index (χ3n) is 4.78. The molecule has 0 saturated carbocycles. The number of piperidine rings is 1. The molecule has 1 aliphatic heterocycles. The molecule has 2 aromatic rings. The van der Waals surface area contributed by atoms with E-state index in [-0.39, 0.29) is 11.5 Å². The van der Waals surface area contributed by atoms with E-state index in [0.29, 0.717) is 12.6 Å². The molecule has 2 N–H and O–H groups in total. The minimum Gasteiger partial charge on any atom is -0.383 e. The first-order chi connectivity index (χ1) is 12.2. The fourth-order valence-electron chi connectivity index (χ4n) is 3.57. The Morgan fingerprint density at radius 2 is 2.04 bits per heavy atom. The summed E-state index contributed by atoms with van der Waals surface area (Å²) >= 11 is 6.57. The van der Waals surface area contributed by atoms with Gasteiger partial charge < -0.3 is 15.4 Å². The van der Waals surface area contributed by atoms with E-state index in [0.717, 1.165) is 42.2 Å². The Morgan fingerprint density at radius 3 is 2.76 bits per heavy atom. The van der Waals surface area contributed by atoms with E-state index in [9.17, 15) is 0 Å². The highest BCUT2D eigenvalue weighted by atomic mass is 35.5. The predicted molar refractivity (Wildman–Crippen MR) is 101 cm³/mol. The summed E-state index contributed by atoms with van der Waals surface area (Å²) in [5.74, 6) is 0.631. The highest BCUT2D eigenvalue weighted by Gasteiger charge is 2.38. The monoisotopic (exact) mass is 360 g/mol. The van der Waals surface area contributed by atoms with E-state index < -0.39 is 0 Å². The normalized spacial score (nSPS) is 17.9. The largest absolute Gasteiger partial charge is 0.383 e. The molecule has 1 aliphatic rings. The van der Waals surface area contributed by atoms with Crippen LogP contribution in [0, 0.1) is 0 Å². The number of rotatable bonds is 6. The number of nitrogens with one attached hydrogen (secondary N) is 2. The summed E-state index contributed by atoms with van der Waals surface area (Å²) in [7, 11) is 1.69. The fraction of sp³-hybridized carbons (Fsp3) is 0.474. The van der Waals surface area contributed by atoms with Crippen molar-refractivity contribution >= 4 is 17.5 Å². The van der Waals surface area contributed by atoms with E-state index in [2.05, 4.69) is 21.7 Å². The molecule has 1 fully saturated rings. The number of methoxy groups -OCH3 is 1. The van der Waals surface area contributed by atoms with Gasteiger partial charge in [0.05, 0.1) is 12.3 Å². The quantitative estimate of drug-likeness (QED) is 0.828. The molecule has 5 nitrogen and oxygen atoms in total. The molecule has 2 heterocycles. The van der Waals surface area contributed by atoms with Gasteiger partial charge in [-0.1, -0.05) is 29.8 Å². The van der Waals surface area contributed by atoms with E-state index >= 15 is 0 Å². The molecule has 25 heavy (non-hydrogen) atoms. The summed E-state index contributed by atoms with van der Waals surface area (Å²) in [6.07, 6.45) is 3.74. The molecule has 0 bridgehead atoms. The SMILES string of the molecule is COC[C@@H](C)Nc1nccc(C2(c3ccccc3Cl)CCNCC2)n1. The van der Waals surface area contributed by atoms with Crippen molar-refractivity contribution < 1.29 is 4.74 Å². The Labute approximate surface area is 154 Å². The van der Waals surface area contributed by atoms with E-state index in [1.54, 1.807) is 7.11 Å². The molecular formula is C19H25ClN4O. The van der Waals surface area contributed by atoms with Gasteiger partial charge in [0.25, 0.3) is 0 Å². The third kappa shape index (κ3) is 3.94. The minimum atomic E-state index is -0.187. The van der Waals surface area contributed by atoms with E-state index in [4.69, 9.17) is 21.3 Å². The molecular weight excluding hydrogens is 336 g/mol. The summed E-state index contributed by atoms with van der Waals surface area (Å²) < 4.78 is 5.18. The topological polar surface area (TPSA) is 59.1 Å². The van der Waals surface area contributed by atoms with Crippen LogP contribution in [-0.2, 0) is 10.2 Å². The first-order valence-electron chi connectivity index (χ1n) is 8.70. The maximum Gasteiger partial charge on any atom is 0.223 e. The van der Waals surface area contributed by atoms with Gasteiger partial charge >= 0.3 is 0 Å². The average Bonchev–Trinajstić information content (AvgIpc) is 2.63. The first-order valence-corrected chi connectivity index (χ1v) is 9.08. The maximum absolute atomic E-state index is 6.57. The second kappa shape index (κ2) is 8.13. The van der Waals surface area contributed by atoms with Crippen LogP contribution in [0.2, 0.25) is 5.02 Å². The van der Waals surface area contributed by atoms with Crippen molar-refractivity contribution in [2.75, 3.05) is 32.1 Å². The van der Waals surface area contributed by atoms with Gasteiger partial charge in [0.1, 0.15) is 0 Å².